The number of rotatable bonds is 6. The number of hydroxylamine groups is 4. The molecule has 0 atom stereocenters. The third-order valence-electron chi connectivity index (χ3n) is 3.35. The van der Waals surface area contributed by atoms with Gasteiger partial charge >= 0.3 is 11.9 Å². The van der Waals surface area contributed by atoms with E-state index in [2.05, 4.69) is 0 Å². The molecule has 2 rings (SSSR count). The standard InChI is InChI=1S/C13H22N2O4/c16-12(18-14-8-1-2-9-14)6-5-7-13(17)19-15-10-3-4-11-15/h1-11H2. The Hall–Kier alpha value is -1.14. The summed E-state index contributed by atoms with van der Waals surface area (Å²) in [6.07, 6.45) is 5.34. The molecule has 0 aromatic rings. The van der Waals surface area contributed by atoms with Gasteiger partial charge in [-0.3, -0.25) is 9.59 Å². The van der Waals surface area contributed by atoms with Gasteiger partial charge < -0.3 is 9.68 Å². The average molecular weight is 270 g/mol. The molecule has 0 N–H and O–H groups in total. The van der Waals surface area contributed by atoms with Crippen LogP contribution in [0.4, 0.5) is 0 Å². The van der Waals surface area contributed by atoms with E-state index in [0.29, 0.717) is 6.42 Å². The third-order valence-corrected chi connectivity index (χ3v) is 3.35. The minimum Gasteiger partial charge on any atom is -0.368 e. The van der Waals surface area contributed by atoms with Crippen LogP contribution in [0.2, 0.25) is 0 Å². The number of hydrogen-bond donors (Lipinski definition) is 0. The second-order valence-electron chi connectivity index (χ2n) is 5.05. The summed E-state index contributed by atoms with van der Waals surface area (Å²) < 4.78 is 0. The molecular formula is C13H22N2O4. The zero-order chi connectivity index (χ0) is 13.5. The molecule has 0 amide bonds. The largest absolute Gasteiger partial charge is 0.368 e. The fourth-order valence-corrected chi connectivity index (χ4v) is 2.32. The van der Waals surface area contributed by atoms with Crippen molar-refractivity contribution < 1.29 is 19.3 Å². The van der Waals surface area contributed by atoms with E-state index in [9.17, 15) is 9.59 Å². The summed E-state index contributed by atoms with van der Waals surface area (Å²) in [7, 11) is 0. The van der Waals surface area contributed by atoms with Gasteiger partial charge in [-0.1, -0.05) is 0 Å². The SMILES string of the molecule is O=C(CCCC(=O)ON1CCCC1)ON1CCCC1. The topological polar surface area (TPSA) is 59.1 Å². The fourth-order valence-electron chi connectivity index (χ4n) is 2.32. The Labute approximate surface area is 113 Å². The maximum absolute atomic E-state index is 11.5. The van der Waals surface area contributed by atoms with Gasteiger partial charge in [-0.15, -0.1) is 10.1 Å². The minimum atomic E-state index is -0.254. The van der Waals surface area contributed by atoms with E-state index < -0.39 is 0 Å². The van der Waals surface area contributed by atoms with E-state index in [1.165, 1.54) is 0 Å². The van der Waals surface area contributed by atoms with Crippen molar-refractivity contribution in [3.63, 3.8) is 0 Å². The van der Waals surface area contributed by atoms with Gasteiger partial charge in [-0.2, -0.15) is 0 Å². The Morgan fingerprint density at radius 2 is 1.11 bits per heavy atom. The lowest BCUT2D eigenvalue weighted by molar-refractivity contribution is -0.187. The van der Waals surface area contributed by atoms with Crippen LogP contribution in [0.1, 0.15) is 44.9 Å². The van der Waals surface area contributed by atoms with Gasteiger partial charge in [0.1, 0.15) is 0 Å². The lowest BCUT2D eigenvalue weighted by atomic mass is 10.2. The smallest absolute Gasteiger partial charge is 0.325 e. The molecule has 108 valence electrons. The van der Waals surface area contributed by atoms with Crippen LogP contribution in [0, 0.1) is 0 Å². The van der Waals surface area contributed by atoms with Crippen molar-refractivity contribution in [3.05, 3.63) is 0 Å². The van der Waals surface area contributed by atoms with Crippen molar-refractivity contribution in [1.82, 2.24) is 10.1 Å². The van der Waals surface area contributed by atoms with E-state index in [1.54, 1.807) is 10.1 Å². The molecule has 2 fully saturated rings. The summed E-state index contributed by atoms with van der Waals surface area (Å²) in [4.78, 5) is 33.3. The molecule has 6 nitrogen and oxygen atoms in total. The monoisotopic (exact) mass is 270 g/mol. The molecule has 0 unspecified atom stereocenters. The van der Waals surface area contributed by atoms with Crippen LogP contribution in [0.15, 0.2) is 0 Å². The number of nitrogens with zero attached hydrogens (tertiary/aromatic N) is 2. The molecule has 2 saturated heterocycles. The summed E-state index contributed by atoms with van der Waals surface area (Å²) in [5.41, 5.74) is 0. The first-order chi connectivity index (χ1) is 9.24. The van der Waals surface area contributed by atoms with Crippen molar-refractivity contribution in [1.29, 1.82) is 0 Å². The van der Waals surface area contributed by atoms with Crippen molar-refractivity contribution in [2.45, 2.75) is 44.9 Å². The molecule has 2 aliphatic rings. The highest BCUT2D eigenvalue weighted by Gasteiger charge is 2.18. The fraction of sp³-hybridized carbons (Fsp3) is 0.846. The van der Waals surface area contributed by atoms with Gasteiger partial charge in [0.2, 0.25) is 0 Å². The second kappa shape index (κ2) is 7.45. The van der Waals surface area contributed by atoms with Gasteiger partial charge in [-0.05, 0) is 32.1 Å². The van der Waals surface area contributed by atoms with Crippen molar-refractivity contribution >= 4 is 11.9 Å². The summed E-state index contributed by atoms with van der Waals surface area (Å²) in [5, 5.41) is 3.40. The summed E-state index contributed by atoms with van der Waals surface area (Å²) in [6, 6.07) is 0. The number of carbonyl (C=O) groups is 2. The van der Waals surface area contributed by atoms with Crippen LogP contribution >= 0.6 is 0 Å². The Morgan fingerprint density at radius 1 is 0.737 bits per heavy atom. The minimum absolute atomic E-state index is 0.254. The molecule has 0 bridgehead atoms. The molecule has 0 radical (unpaired) electrons. The predicted molar refractivity (Wildman–Crippen MR) is 67.6 cm³/mol. The Balaban J connectivity index is 1.52. The normalized spacial score (nSPS) is 20.6. The van der Waals surface area contributed by atoms with Crippen molar-refractivity contribution in [3.8, 4) is 0 Å². The molecule has 0 aromatic heterocycles. The maximum Gasteiger partial charge on any atom is 0.325 e. The summed E-state index contributed by atoms with van der Waals surface area (Å²) >= 11 is 0. The van der Waals surface area contributed by atoms with Crippen LogP contribution in [-0.2, 0) is 19.3 Å². The third kappa shape index (κ3) is 5.16. The van der Waals surface area contributed by atoms with E-state index in [-0.39, 0.29) is 24.8 Å². The van der Waals surface area contributed by atoms with Crippen LogP contribution in [0.3, 0.4) is 0 Å². The molecule has 0 aliphatic carbocycles. The number of hydrogen-bond acceptors (Lipinski definition) is 6. The van der Waals surface area contributed by atoms with Crippen molar-refractivity contribution in [2.75, 3.05) is 26.2 Å². The van der Waals surface area contributed by atoms with E-state index in [4.69, 9.17) is 9.68 Å². The lowest BCUT2D eigenvalue weighted by Gasteiger charge is -2.15. The molecule has 0 spiro atoms. The first-order valence-electron chi connectivity index (χ1n) is 7.15. The molecule has 19 heavy (non-hydrogen) atoms. The van der Waals surface area contributed by atoms with E-state index >= 15 is 0 Å². The highest BCUT2D eigenvalue weighted by atomic mass is 16.7. The van der Waals surface area contributed by atoms with E-state index in [0.717, 1.165) is 51.9 Å². The zero-order valence-corrected chi connectivity index (χ0v) is 11.3. The molecule has 2 heterocycles. The predicted octanol–water partition coefficient (Wildman–Crippen LogP) is 1.26. The Bertz CT molecular complexity index is 280. The Morgan fingerprint density at radius 3 is 1.47 bits per heavy atom. The molecule has 0 aromatic carbocycles. The van der Waals surface area contributed by atoms with Crippen LogP contribution in [-0.4, -0.2) is 48.2 Å². The van der Waals surface area contributed by atoms with Crippen LogP contribution in [0.25, 0.3) is 0 Å². The highest BCUT2D eigenvalue weighted by molar-refractivity contribution is 5.72. The van der Waals surface area contributed by atoms with Crippen LogP contribution < -0.4 is 0 Å². The highest BCUT2D eigenvalue weighted by Crippen LogP contribution is 2.11. The zero-order valence-electron chi connectivity index (χ0n) is 11.3. The van der Waals surface area contributed by atoms with Gasteiger partial charge in [-0.25, -0.2) is 0 Å². The maximum atomic E-state index is 11.5. The first-order valence-corrected chi connectivity index (χ1v) is 7.15. The molecule has 6 heteroatoms. The molecule has 0 saturated carbocycles. The van der Waals surface area contributed by atoms with Crippen LogP contribution in [0.5, 0.6) is 0 Å². The lowest BCUT2D eigenvalue weighted by Crippen LogP contribution is -2.25. The summed E-state index contributed by atoms with van der Waals surface area (Å²) in [6.45, 7) is 3.29. The second-order valence-corrected chi connectivity index (χ2v) is 5.05. The first kappa shape index (κ1) is 14.3. The Kier molecular flexibility index (Phi) is 5.60. The molecule has 2 aliphatic heterocycles. The molecular weight excluding hydrogens is 248 g/mol. The van der Waals surface area contributed by atoms with Gasteiger partial charge in [0.25, 0.3) is 0 Å². The summed E-state index contributed by atoms with van der Waals surface area (Å²) in [5.74, 6) is -0.508. The average Bonchev–Trinajstić information content (AvgIpc) is 3.02. The van der Waals surface area contributed by atoms with Gasteiger partial charge in [0.15, 0.2) is 0 Å². The van der Waals surface area contributed by atoms with Crippen molar-refractivity contribution in [2.24, 2.45) is 0 Å². The van der Waals surface area contributed by atoms with Gasteiger partial charge in [0.05, 0.1) is 0 Å². The van der Waals surface area contributed by atoms with Gasteiger partial charge in [0, 0.05) is 39.0 Å². The number of carbonyl (C=O) groups excluding carboxylic acids is 2. The quantitative estimate of drug-likeness (QED) is 0.724. The van der Waals surface area contributed by atoms with E-state index in [1.807, 2.05) is 0 Å².